The molecule has 12 heteroatoms. The quantitative estimate of drug-likeness (QED) is 0.224. The van der Waals surface area contributed by atoms with E-state index in [1.807, 2.05) is 0 Å². The highest BCUT2D eigenvalue weighted by Gasteiger charge is 2.16. The summed E-state index contributed by atoms with van der Waals surface area (Å²) in [6.07, 6.45) is 1.28. The largest absolute Gasteiger partial charge is 0.507 e. The molecule has 3 aromatic carbocycles. The van der Waals surface area contributed by atoms with Crippen LogP contribution in [-0.2, 0) is 6.61 Å². The molecule has 2 N–H and O–H groups in total. The number of carbonyl (C=O) groups is 1. The van der Waals surface area contributed by atoms with Crippen LogP contribution in [0, 0.1) is 10.1 Å². The Kier molecular flexibility index (Phi) is 8.17. The van der Waals surface area contributed by atoms with Crippen LogP contribution in [0.3, 0.4) is 0 Å². The molecule has 0 atom stereocenters. The number of hydrogen-bond donors (Lipinski definition) is 2. The van der Waals surface area contributed by atoms with Crippen molar-refractivity contribution < 1.29 is 24.3 Å². The van der Waals surface area contributed by atoms with Gasteiger partial charge in [-0.2, -0.15) is 5.10 Å². The first-order chi connectivity index (χ1) is 16.2. The number of amides is 1. The third kappa shape index (κ3) is 6.07. The first kappa shape index (κ1) is 25.1. The highest BCUT2D eigenvalue weighted by atomic mass is 35.5. The molecule has 0 radical (unpaired) electrons. The first-order valence-electron chi connectivity index (χ1n) is 9.44. The maximum atomic E-state index is 12.2. The number of phenolic OH excluding ortho intramolecular Hbond substituents is 1. The van der Waals surface area contributed by atoms with Gasteiger partial charge in [0.2, 0.25) is 0 Å². The van der Waals surface area contributed by atoms with Gasteiger partial charge < -0.3 is 14.6 Å². The van der Waals surface area contributed by atoms with Crippen LogP contribution in [0.1, 0.15) is 21.5 Å². The highest BCUT2D eigenvalue weighted by molar-refractivity contribution is 6.35. The molecule has 0 heterocycles. The van der Waals surface area contributed by atoms with Crippen LogP contribution in [0.2, 0.25) is 15.1 Å². The van der Waals surface area contributed by atoms with Gasteiger partial charge in [-0.05, 0) is 35.9 Å². The Labute approximate surface area is 208 Å². The average molecular weight is 525 g/mol. The maximum absolute atomic E-state index is 12.2. The number of hydrogen-bond acceptors (Lipinski definition) is 7. The van der Waals surface area contributed by atoms with Crippen molar-refractivity contribution in [2.45, 2.75) is 6.61 Å². The van der Waals surface area contributed by atoms with Gasteiger partial charge in [0.25, 0.3) is 11.6 Å². The number of ether oxygens (including phenoxy) is 2. The summed E-state index contributed by atoms with van der Waals surface area (Å²) in [5, 5.41) is 25.6. The van der Waals surface area contributed by atoms with Crippen LogP contribution in [0.15, 0.2) is 53.6 Å². The fourth-order valence-corrected chi connectivity index (χ4v) is 3.52. The molecule has 1 amide bonds. The van der Waals surface area contributed by atoms with Gasteiger partial charge in [0.1, 0.15) is 12.4 Å². The van der Waals surface area contributed by atoms with Gasteiger partial charge in [-0.15, -0.1) is 0 Å². The van der Waals surface area contributed by atoms with Crippen molar-refractivity contribution in [3.8, 4) is 17.2 Å². The smallest absolute Gasteiger partial charge is 0.275 e. The summed E-state index contributed by atoms with van der Waals surface area (Å²) < 4.78 is 11.1. The third-order valence-electron chi connectivity index (χ3n) is 4.45. The Bertz CT molecular complexity index is 1280. The number of nitrogens with zero attached hydrogens (tertiary/aromatic N) is 2. The molecule has 0 saturated carbocycles. The Morgan fingerprint density at radius 1 is 1.15 bits per heavy atom. The minimum absolute atomic E-state index is 0.113. The predicted molar refractivity (Wildman–Crippen MR) is 129 cm³/mol. The zero-order chi connectivity index (χ0) is 24.8. The van der Waals surface area contributed by atoms with E-state index >= 15 is 0 Å². The number of nitrogens with one attached hydrogen (secondary N) is 1. The molecule has 34 heavy (non-hydrogen) atoms. The number of non-ortho nitro benzene ring substituents is 1. The molecule has 0 fully saturated rings. The summed E-state index contributed by atoms with van der Waals surface area (Å²) in [4.78, 5) is 22.4. The number of halogens is 3. The molecule has 0 bridgehead atoms. The number of aromatic hydroxyl groups is 1. The van der Waals surface area contributed by atoms with Gasteiger partial charge in [-0.1, -0.05) is 40.9 Å². The van der Waals surface area contributed by atoms with E-state index < -0.39 is 16.6 Å². The Morgan fingerprint density at radius 3 is 2.59 bits per heavy atom. The third-order valence-corrected chi connectivity index (χ3v) is 5.32. The minimum atomic E-state index is -0.838. The predicted octanol–water partition coefficient (Wildman–Crippen LogP) is 5.61. The second-order valence-corrected chi connectivity index (χ2v) is 7.97. The zero-order valence-corrected chi connectivity index (χ0v) is 19.7. The molecule has 0 saturated heterocycles. The number of hydrazone groups is 1. The molecule has 9 nitrogen and oxygen atoms in total. The normalized spacial score (nSPS) is 10.8. The first-order valence-corrected chi connectivity index (χ1v) is 10.6. The van der Waals surface area contributed by atoms with Crippen molar-refractivity contribution in [2.24, 2.45) is 5.10 Å². The Balaban J connectivity index is 1.73. The summed E-state index contributed by atoms with van der Waals surface area (Å²) in [6, 6.07) is 11.2. The molecule has 3 aromatic rings. The van der Waals surface area contributed by atoms with Crippen LogP contribution in [0.4, 0.5) is 5.69 Å². The highest BCUT2D eigenvalue weighted by Crippen LogP contribution is 2.37. The summed E-state index contributed by atoms with van der Waals surface area (Å²) in [5.41, 5.74) is 2.70. The SMILES string of the molecule is COc1cc(/C=N\NC(=O)c2cc([N+](=O)[O-])ccc2O)cc(Cl)c1OCc1ccc(Cl)cc1Cl. The van der Waals surface area contributed by atoms with Crippen LogP contribution in [0.5, 0.6) is 17.2 Å². The number of nitro groups is 1. The molecule has 0 aliphatic heterocycles. The summed E-state index contributed by atoms with van der Waals surface area (Å²) in [5.74, 6) is -0.680. The van der Waals surface area contributed by atoms with Crippen molar-refractivity contribution in [3.63, 3.8) is 0 Å². The number of nitro benzene ring substituents is 1. The monoisotopic (exact) mass is 523 g/mol. The molecular formula is C22H16Cl3N3O6. The van der Waals surface area contributed by atoms with Gasteiger partial charge in [0, 0.05) is 27.7 Å². The van der Waals surface area contributed by atoms with Crippen LogP contribution in [0.25, 0.3) is 0 Å². The number of rotatable bonds is 8. The fourth-order valence-electron chi connectivity index (χ4n) is 2.79. The van der Waals surface area contributed by atoms with Gasteiger partial charge in [0.15, 0.2) is 11.5 Å². The Hall–Kier alpha value is -3.53. The molecule has 0 aliphatic rings. The standard InChI is InChI=1S/C22H16Cl3N3O6/c1-33-20-7-12(6-18(25)21(20)34-11-13-2-3-14(23)8-17(13)24)10-26-27-22(30)16-9-15(28(31)32)4-5-19(16)29/h2-10,29H,11H2,1H3,(H,27,30)/b26-10-. The lowest BCUT2D eigenvalue weighted by atomic mass is 10.1. The lowest BCUT2D eigenvalue weighted by molar-refractivity contribution is -0.384. The summed E-state index contributed by atoms with van der Waals surface area (Å²) in [6.45, 7) is 0.113. The molecule has 3 rings (SSSR count). The van der Waals surface area contributed by atoms with Crippen molar-refractivity contribution in [1.82, 2.24) is 5.43 Å². The van der Waals surface area contributed by atoms with E-state index in [2.05, 4.69) is 10.5 Å². The number of carbonyl (C=O) groups excluding carboxylic acids is 1. The summed E-state index contributed by atoms with van der Waals surface area (Å²) in [7, 11) is 1.43. The summed E-state index contributed by atoms with van der Waals surface area (Å²) >= 11 is 18.4. The van der Waals surface area contributed by atoms with E-state index in [4.69, 9.17) is 44.3 Å². The van der Waals surface area contributed by atoms with Crippen LogP contribution < -0.4 is 14.9 Å². The van der Waals surface area contributed by atoms with E-state index in [-0.39, 0.29) is 28.6 Å². The van der Waals surface area contributed by atoms with Crippen LogP contribution in [-0.4, -0.2) is 29.3 Å². The molecular weight excluding hydrogens is 509 g/mol. The molecule has 0 spiro atoms. The lowest BCUT2D eigenvalue weighted by Crippen LogP contribution is -2.18. The number of methoxy groups -OCH3 is 1. The molecule has 0 aromatic heterocycles. The van der Waals surface area contributed by atoms with E-state index in [9.17, 15) is 20.0 Å². The van der Waals surface area contributed by atoms with Crippen molar-refractivity contribution in [3.05, 3.63) is 90.4 Å². The molecule has 0 aliphatic carbocycles. The molecule has 176 valence electrons. The van der Waals surface area contributed by atoms with Gasteiger partial charge in [-0.3, -0.25) is 14.9 Å². The fraction of sp³-hybridized carbons (Fsp3) is 0.0909. The van der Waals surface area contributed by atoms with Crippen LogP contribution >= 0.6 is 34.8 Å². The number of benzene rings is 3. The Morgan fingerprint density at radius 2 is 1.91 bits per heavy atom. The minimum Gasteiger partial charge on any atom is -0.507 e. The van der Waals surface area contributed by atoms with E-state index in [1.54, 1.807) is 24.3 Å². The van der Waals surface area contributed by atoms with E-state index in [1.165, 1.54) is 19.4 Å². The van der Waals surface area contributed by atoms with Gasteiger partial charge >= 0.3 is 0 Å². The second kappa shape index (κ2) is 11.1. The average Bonchev–Trinajstić information content (AvgIpc) is 2.79. The van der Waals surface area contributed by atoms with Crippen molar-refractivity contribution in [2.75, 3.05) is 7.11 Å². The van der Waals surface area contributed by atoms with E-state index in [0.29, 0.717) is 26.9 Å². The van der Waals surface area contributed by atoms with Crippen molar-refractivity contribution >= 4 is 52.6 Å². The lowest BCUT2D eigenvalue weighted by Gasteiger charge is -2.14. The van der Waals surface area contributed by atoms with Gasteiger partial charge in [-0.25, -0.2) is 5.43 Å². The molecule has 0 unspecified atom stereocenters. The van der Waals surface area contributed by atoms with Gasteiger partial charge in [0.05, 0.1) is 28.8 Å². The van der Waals surface area contributed by atoms with E-state index in [0.717, 1.165) is 18.2 Å². The second-order valence-electron chi connectivity index (χ2n) is 6.72. The number of phenols is 1. The topological polar surface area (TPSA) is 123 Å². The zero-order valence-electron chi connectivity index (χ0n) is 17.4. The van der Waals surface area contributed by atoms with Crippen molar-refractivity contribution in [1.29, 1.82) is 0 Å². The maximum Gasteiger partial charge on any atom is 0.275 e.